The molecule has 9 heteroatoms. The average molecular weight is 559 g/mol. The van der Waals surface area contributed by atoms with E-state index < -0.39 is 24.2 Å². The van der Waals surface area contributed by atoms with Crippen LogP contribution in [-0.2, 0) is 25.5 Å². The largest absolute Gasteiger partial charge is 0.465 e. The van der Waals surface area contributed by atoms with Crippen LogP contribution >= 0.6 is 31.9 Å². The van der Waals surface area contributed by atoms with Crippen LogP contribution < -0.4 is 4.90 Å². The molecule has 0 N–H and O–H groups in total. The van der Waals surface area contributed by atoms with Crippen molar-refractivity contribution >= 4 is 55.4 Å². The molecule has 0 saturated heterocycles. The summed E-state index contributed by atoms with van der Waals surface area (Å²) in [6.07, 6.45) is 0.506. The van der Waals surface area contributed by atoms with Gasteiger partial charge in [0, 0.05) is 16.5 Å². The first-order valence-electron chi connectivity index (χ1n) is 9.56. The monoisotopic (exact) mass is 557 g/mol. The molecule has 166 valence electrons. The lowest BCUT2D eigenvalue weighted by atomic mass is 10.1. The molecule has 1 unspecified atom stereocenters. The second-order valence-electron chi connectivity index (χ2n) is 6.53. The highest BCUT2D eigenvalue weighted by molar-refractivity contribution is 9.10. The molecule has 0 spiro atoms. The summed E-state index contributed by atoms with van der Waals surface area (Å²) in [5.41, 5.74) is 0.949. The van der Waals surface area contributed by atoms with E-state index >= 15 is 0 Å². The zero-order chi connectivity index (χ0) is 23.0. The standard InChI is InChI=1S/C22H22Br2FNO5/c1-3-30-21(28)13-26(19-9-8-17(24)12-18(19)25)22(29)16-6-4-5-15(11-16)7-10-20(27)31-14(2)23/h4-6,8-9,11-12,14H,3,7,10,13H2,1-2H3. The number of benzene rings is 2. The summed E-state index contributed by atoms with van der Waals surface area (Å²) in [7, 11) is 0. The van der Waals surface area contributed by atoms with E-state index in [0.717, 1.165) is 10.5 Å². The zero-order valence-corrected chi connectivity index (χ0v) is 20.2. The van der Waals surface area contributed by atoms with Gasteiger partial charge in [0.15, 0.2) is 5.01 Å². The number of halogens is 3. The van der Waals surface area contributed by atoms with Crippen molar-refractivity contribution in [1.82, 2.24) is 0 Å². The van der Waals surface area contributed by atoms with Crippen molar-refractivity contribution < 1.29 is 28.2 Å². The Balaban J connectivity index is 2.27. The van der Waals surface area contributed by atoms with E-state index in [2.05, 4.69) is 31.9 Å². The molecule has 0 aliphatic rings. The van der Waals surface area contributed by atoms with Crippen molar-refractivity contribution in [3.63, 3.8) is 0 Å². The summed E-state index contributed by atoms with van der Waals surface area (Å²) in [5, 5.41) is -0.384. The summed E-state index contributed by atoms with van der Waals surface area (Å²) in [6.45, 7) is 3.04. The Morgan fingerprint density at radius 3 is 2.52 bits per heavy atom. The van der Waals surface area contributed by atoms with E-state index in [0.29, 0.717) is 10.9 Å². The summed E-state index contributed by atoms with van der Waals surface area (Å²) in [6, 6.07) is 10.8. The predicted molar refractivity (Wildman–Crippen MR) is 122 cm³/mol. The second-order valence-corrected chi connectivity index (χ2v) is 8.73. The molecule has 1 amide bonds. The Kier molecular flexibility index (Phi) is 9.64. The third-order valence-electron chi connectivity index (χ3n) is 4.12. The smallest absolute Gasteiger partial charge is 0.326 e. The normalized spacial score (nSPS) is 11.5. The van der Waals surface area contributed by atoms with Crippen molar-refractivity contribution in [2.45, 2.75) is 31.7 Å². The topological polar surface area (TPSA) is 72.9 Å². The number of aryl methyl sites for hydroxylation is 1. The molecule has 0 radical (unpaired) electrons. The maximum Gasteiger partial charge on any atom is 0.326 e. The number of ether oxygens (including phenoxy) is 2. The number of alkyl halides is 1. The maximum absolute atomic E-state index is 14.6. The Hall–Kier alpha value is -2.26. The van der Waals surface area contributed by atoms with E-state index in [-0.39, 0.29) is 35.3 Å². The van der Waals surface area contributed by atoms with Crippen LogP contribution in [0.3, 0.4) is 0 Å². The first-order chi connectivity index (χ1) is 14.7. The molecular weight excluding hydrogens is 537 g/mol. The number of hydrogen-bond donors (Lipinski definition) is 0. The van der Waals surface area contributed by atoms with Crippen LogP contribution in [-0.4, -0.2) is 36.0 Å². The minimum absolute atomic E-state index is 0.0402. The fraction of sp³-hybridized carbons (Fsp3) is 0.318. The summed E-state index contributed by atoms with van der Waals surface area (Å²) >= 11 is 6.33. The number of nitrogens with zero attached hydrogens (tertiary/aromatic N) is 1. The molecule has 2 aromatic rings. The highest BCUT2D eigenvalue weighted by atomic mass is 79.9. The van der Waals surface area contributed by atoms with Crippen LogP contribution in [0, 0.1) is 5.82 Å². The Morgan fingerprint density at radius 2 is 1.87 bits per heavy atom. The Morgan fingerprint density at radius 1 is 1.13 bits per heavy atom. The summed E-state index contributed by atoms with van der Waals surface area (Å²) in [4.78, 5) is 38.1. The fourth-order valence-corrected chi connectivity index (χ4v) is 3.35. The van der Waals surface area contributed by atoms with Gasteiger partial charge in [-0.3, -0.25) is 19.3 Å². The van der Waals surface area contributed by atoms with Crippen LogP contribution in [0.25, 0.3) is 0 Å². The van der Waals surface area contributed by atoms with E-state index in [1.165, 1.54) is 12.1 Å². The first-order valence-corrected chi connectivity index (χ1v) is 11.3. The van der Waals surface area contributed by atoms with Crippen LogP contribution in [0.15, 0.2) is 46.9 Å². The molecule has 0 bridgehead atoms. The molecule has 0 aliphatic heterocycles. The SMILES string of the molecule is CCOC(=O)CN(C(=O)c1cccc(CCC(=O)OC(C)Br)c1)c1ccc(Br)cc1F. The highest BCUT2D eigenvalue weighted by Crippen LogP contribution is 2.25. The van der Waals surface area contributed by atoms with E-state index in [4.69, 9.17) is 9.47 Å². The van der Waals surface area contributed by atoms with Crippen LogP contribution in [0.5, 0.6) is 0 Å². The number of hydrogen-bond acceptors (Lipinski definition) is 5. The lowest BCUT2D eigenvalue weighted by molar-refractivity contribution is -0.144. The maximum atomic E-state index is 14.6. The van der Waals surface area contributed by atoms with Crippen molar-refractivity contribution in [1.29, 1.82) is 0 Å². The quantitative estimate of drug-likeness (QED) is 0.319. The number of rotatable bonds is 9. The molecule has 0 heterocycles. The van der Waals surface area contributed by atoms with Gasteiger partial charge in [0.2, 0.25) is 0 Å². The predicted octanol–water partition coefficient (Wildman–Crippen LogP) is 5.01. The Labute approximate surface area is 197 Å². The molecule has 0 aliphatic carbocycles. The Bertz CT molecular complexity index is 951. The van der Waals surface area contributed by atoms with Crippen LogP contribution in [0.4, 0.5) is 10.1 Å². The molecule has 31 heavy (non-hydrogen) atoms. The summed E-state index contributed by atoms with van der Waals surface area (Å²) < 4.78 is 25.1. The van der Waals surface area contributed by atoms with Gasteiger partial charge in [0.1, 0.15) is 12.4 Å². The van der Waals surface area contributed by atoms with Gasteiger partial charge in [-0.25, -0.2) is 4.39 Å². The molecule has 6 nitrogen and oxygen atoms in total. The number of carbonyl (C=O) groups is 3. The fourth-order valence-electron chi connectivity index (χ4n) is 2.80. The van der Waals surface area contributed by atoms with Crippen molar-refractivity contribution in [2.24, 2.45) is 0 Å². The van der Waals surface area contributed by atoms with Gasteiger partial charge >= 0.3 is 11.9 Å². The van der Waals surface area contributed by atoms with E-state index in [9.17, 15) is 18.8 Å². The lowest BCUT2D eigenvalue weighted by Gasteiger charge is -2.23. The number of amides is 1. The van der Waals surface area contributed by atoms with Crippen molar-refractivity contribution in [3.8, 4) is 0 Å². The van der Waals surface area contributed by atoms with Gasteiger partial charge < -0.3 is 9.47 Å². The number of carbonyl (C=O) groups excluding carboxylic acids is 3. The van der Waals surface area contributed by atoms with Crippen LogP contribution in [0.2, 0.25) is 0 Å². The minimum Gasteiger partial charge on any atom is -0.465 e. The minimum atomic E-state index is -0.658. The van der Waals surface area contributed by atoms with Gasteiger partial charge in [-0.05, 0) is 72.1 Å². The zero-order valence-electron chi connectivity index (χ0n) is 17.1. The molecule has 0 saturated carbocycles. The molecular formula is C22H22Br2FNO5. The molecule has 2 rings (SSSR count). The first kappa shape index (κ1) is 25.0. The highest BCUT2D eigenvalue weighted by Gasteiger charge is 2.24. The van der Waals surface area contributed by atoms with Gasteiger partial charge in [-0.1, -0.05) is 28.1 Å². The van der Waals surface area contributed by atoms with Gasteiger partial charge in [-0.2, -0.15) is 0 Å². The van der Waals surface area contributed by atoms with Crippen molar-refractivity contribution in [3.05, 3.63) is 63.9 Å². The molecule has 2 aromatic carbocycles. The average Bonchev–Trinajstić information content (AvgIpc) is 2.70. The molecule has 0 fully saturated rings. The van der Waals surface area contributed by atoms with Gasteiger partial charge in [0.05, 0.1) is 12.3 Å². The van der Waals surface area contributed by atoms with Gasteiger partial charge in [-0.15, -0.1) is 0 Å². The van der Waals surface area contributed by atoms with E-state index in [1.54, 1.807) is 44.2 Å². The molecule has 0 aromatic heterocycles. The number of anilines is 1. The number of esters is 2. The van der Waals surface area contributed by atoms with Crippen LogP contribution in [0.1, 0.15) is 36.2 Å². The summed E-state index contributed by atoms with van der Waals surface area (Å²) in [5.74, 6) is -2.24. The third kappa shape index (κ3) is 7.74. The van der Waals surface area contributed by atoms with Crippen molar-refractivity contribution in [2.75, 3.05) is 18.1 Å². The van der Waals surface area contributed by atoms with Gasteiger partial charge in [0.25, 0.3) is 5.91 Å². The molecule has 1 atom stereocenters. The second kappa shape index (κ2) is 12.0. The third-order valence-corrected chi connectivity index (χ3v) is 4.80. The van der Waals surface area contributed by atoms with E-state index in [1.807, 2.05) is 0 Å². The lowest BCUT2D eigenvalue weighted by Crippen LogP contribution is -2.37.